The quantitative estimate of drug-likeness (QED) is 0.375. The van der Waals surface area contributed by atoms with Gasteiger partial charge in [-0.15, -0.1) is 0 Å². The van der Waals surface area contributed by atoms with E-state index >= 15 is 0 Å². The second kappa shape index (κ2) is 14.4. The van der Waals surface area contributed by atoms with Crippen molar-refractivity contribution in [2.75, 3.05) is 0 Å². The van der Waals surface area contributed by atoms with Crippen LogP contribution in [-0.4, -0.2) is 61.4 Å². The van der Waals surface area contributed by atoms with Crippen molar-refractivity contribution in [2.45, 2.75) is 53.4 Å². The molecular formula is C34H32N4Na2O4-. The average Bonchev–Trinajstić information content (AvgIpc) is 3.59. The summed E-state index contributed by atoms with van der Waals surface area (Å²) < 4.78 is 0. The van der Waals surface area contributed by atoms with Gasteiger partial charge in [-0.1, -0.05) is 25.3 Å². The monoisotopic (exact) mass is 606 g/mol. The fraction of sp³-hybridized carbons (Fsp3) is 0.235. The van der Waals surface area contributed by atoms with Gasteiger partial charge in [0, 0.05) is 74.7 Å². The standard InChI is InChI=1S/C34H34N4O4.2Na/c1-7-21-17(3)25-13-26-19(5)23(9-11-33(39)40)31(37-26)16-32-24(10-12-34(41)42)20(6)28(38-32)15-30-22(8-2)18(4)27(36-30)14-29(21)35-25;;/h7-8,13-16,35-36H,1-2,9-12H2,3-6H3,(H,39,40)(H,41,42);;/q;;+1/p-2. The molecule has 0 unspecified atom stereocenters. The summed E-state index contributed by atoms with van der Waals surface area (Å²) in [6.45, 7) is 16.0. The van der Waals surface area contributed by atoms with Crippen LogP contribution in [0.25, 0.3) is 56.5 Å². The summed E-state index contributed by atoms with van der Waals surface area (Å²) in [6.07, 6.45) is 3.79. The number of fused-ring (bicyclic) bond motifs is 8. The zero-order valence-electron chi connectivity index (χ0n) is 26.2. The predicted molar refractivity (Wildman–Crippen MR) is 170 cm³/mol. The summed E-state index contributed by atoms with van der Waals surface area (Å²) >= 11 is 0. The summed E-state index contributed by atoms with van der Waals surface area (Å²) in [5, 5.41) is 22.8. The van der Waals surface area contributed by atoms with Gasteiger partial charge in [0.25, 0.3) is 0 Å². The van der Waals surface area contributed by atoms with E-state index in [-0.39, 0.29) is 84.8 Å². The zero-order chi connectivity index (χ0) is 30.3. The van der Waals surface area contributed by atoms with Crippen LogP contribution in [0.15, 0.2) is 37.4 Å². The van der Waals surface area contributed by atoms with E-state index in [0.29, 0.717) is 22.8 Å². The summed E-state index contributed by atoms with van der Waals surface area (Å²) in [6, 6.07) is 7.78. The van der Waals surface area contributed by atoms with Crippen LogP contribution in [0.3, 0.4) is 0 Å². The molecule has 5 rings (SSSR count). The molecule has 0 saturated carbocycles. The molecule has 3 aromatic heterocycles. The first-order valence-corrected chi connectivity index (χ1v) is 13.8. The second-order valence-electron chi connectivity index (χ2n) is 10.7. The van der Waals surface area contributed by atoms with Crippen LogP contribution in [0.5, 0.6) is 0 Å². The van der Waals surface area contributed by atoms with E-state index < -0.39 is 11.9 Å². The molecule has 0 amide bonds. The van der Waals surface area contributed by atoms with Crippen molar-refractivity contribution in [1.29, 1.82) is 0 Å². The minimum atomic E-state index is -1.15. The van der Waals surface area contributed by atoms with Gasteiger partial charge in [-0.25, -0.2) is 9.97 Å². The summed E-state index contributed by atoms with van der Waals surface area (Å²) in [5.41, 5.74) is 13.3. The largest absolute Gasteiger partial charge is 1.00 e. The Bertz CT molecular complexity index is 1930. The molecule has 3 aromatic rings. The Kier molecular flexibility index (Phi) is 11.6. The van der Waals surface area contributed by atoms with E-state index in [0.717, 1.165) is 66.6 Å². The molecule has 0 fully saturated rings. The predicted octanol–water partition coefficient (Wildman–Crippen LogP) is 1.76. The summed E-state index contributed by atoms with van der Waals surface area (Å²) in [5.74, 6) is -2.29. The summed E-state index contributed by atoms with van der Waals surface area (Å²) in [7, 11) is 0. The van der Waals surface area contributed by atoms with Crippen molar-refractivity contribution in [2.24, 2.45) is 0 Å². The maximum Gasteiger partial charge on any atom is 1.00 e. The first kappa shape index (κ1) is 35.5. The van der Waals surface area contributed by atoms with Crippen LogP contribution in [0.1, 0.15) is 84.6 Å². The van der Waals surface area contributed by atoms with Crippen LogP contribution in [0, 0.1) is 13.8 Å². The molecule has 0 atom stereocenters. The molecule has 0 aliphatic carbocycles. The number of carbonyl (C=O) groups is 2. The van der Waals surface area contributed by atoms with Gasteiger partial charge < -0.3 is 29.8 Å². The molecule has 5 heterocycles. The number of H-pyrrole nitrogens is 2. The van der Waals surface area contributed by atoms with Crippen molar-refractivity contribution < 1.29 is 49.4 Å². The van der Waals surface area contributed by atoms with Gasteiger partial charge in [0.05, 0.1) is 22.8 Å². The molecular weight excluding hydrogens is 574 g/mol. The van der Waals surface area contributed by atoms with Crippen LogP contribution in [0.4, 0.5) is 0 Å². The molecule has 0 spiro atoms. The fourth-order valence-corrected chi connectivity index (χ4v) is 5.76. The number of carboxylic acid groups (broad SMARTS) is 2. The number of aryl methyl sites for hydroxylation is 2. The molecule has 2 N–H and O–H groups in total. The number of aromatic nitrogens is 4. The Morgan fingerprint density at radius 2 is 1.07 bits per heavy atom. The number of nitrogens with one attached hydrogen (secondary N) is 2. The normalized spacial score (nSPS) is 12.5. The summed E-state index contributed by atoms with van der Waals surface area (Å²) in [4.78, 5) is 39.7. The number of hydrogen-bond donors (Lipinski definition) is 2. The van der Waals surface area contributed by atoms with E-state index in [2.05, 4.69) is 23.1 Å². The third-order valence-electron chi connectivity index (χ3n) is 8.20. The van der Waals surface area contributed by atoms with E-state index in [1.807, 2.05) is 58.0 Å². The molecule has 0 saturated heterocycles. The number of carboxylic acids is 2. The topological polar surface area (TPSA) is 138 Å². The second-order valence-corrected chi connectivity index (χ2v) is 10.7. The molecule has 44 heavy (non-hydrogen) atoms. The first-order valence-electron chi connectivity index (χ1n) is 13.8. The van der Waals surface area contributed by atoms with Crippen molar-refractivity contribution >= 4 is 98.0 Å². The number of nitrogens with zero attached hydrogens (tertiary/aromatic N) is 2. The molecule has 10 heteroatoms. The first-order chi connectivity index (χ1) is 20.0. The van der Waals surface area contributed by atoms with Crippen LogP contribution < -0.4 is 39.8 Å². The molecule has 215 valence electrons. The molecule has 1 radical (unpaired) electrons. The Labute approximate surface area is 300 Å². The van der Waals surface area contributed by atoms with E-state index in [4.69, 9.17) is 9.97 Å². The Morgan fingerprint density at radius 1 is 0.682 bits per heavy atom. The minimum Gasteiger partial charge on any atom is -0.550 e. The third kappa shape index (κ3) is 6.81. The van der Waals surface area contributed by atoms with Crippen LogP contribution >= 0.6 is 0 Å². The molecule has 2 aliphatic rings. The Morgan fingerprint density at radius 3 is 1.48 bits per heavy atom. The maximum absolute atomic E-state index is 11.4. The minimum absolute atomic E-state index is 0. The number of hydrogen-bond acceptors (Lipinski definition) is 6. The van der Waals surface area contributed by atoms with E-state index in [1.54, 1.807) is 6.08 Å². The number of carbonyl (C=O) groups excluding carboxylic acids is 2. The van der Waals surface area contributed by atoms with Crippen molar-refractivity contribution in [3.05, 3.63) is 82.5 Å². The van der Waals surface area contributed by atoms with Crippen LogP contribution in [0.2, 0.25) is 0 Å². The van der Waals surface area contributed by atoms with Gasteiger partial charge in [0.15, 0.2) is 0 Å². The number of rotatable bonds is 8. The van der Waals surface area contributed by atoms with Crippen molar-refractivity contribution in [3.63, 3.8) is 0 Å². The third-order valence-corrected chi connectivity index (χ3v) is 8.20. The Balaban J connectivity index is 0.00000264. The molecule has 8 nitrogen and oxygen atoms in total. The molecule has 8 bridgehead atoms. The van der Waals surface area contributed by atoms with E-state index in [9.17, 15) is 19.8 Å². The molecule has 0 aromatic carbocycles. The van der Waals surface area contributed by atoms with Crippen molar-refractivity contribution in [1.82, 2.24) is 19.9 Å². The maximum atomic E-state index is 11.4. The SMILES string of the molecule is C=Cc1c(C)c2cc3[nH]c(cc4nc(cc5nc(cc1[nH]2)C(C)=C5CCC(=O)[O-])C(CCC(=O)[O-])=C4C)c(C)c3C=C.[Na+].[Na]. The van der Waals surface area contributed by atoms with Gasteiger partial charge in [-0.3, -0.25) is 0 Å². The Hall–Kier alpha value is -2.98. The van der Waals surface area contributed by atoms with E-state index in [1.165, 1.54) is 0 Å². The number of aromatic amines is 2. The van der Waals surface area contributed by atoms with Gasteiger partial charge in [0.1, 0.15) is 0 Å². The average molecular weight is 607 g/mol. The van der Waals surface area contributed by atoms with Crippen LogP contribution in [-0.2, 0) is 9.59 Å². The smallest absolute Gasteiger partial charge is 0.550 e. The van der Waals surface area contributed by atoms with Gasteiger partial charge in [-0.05, 0) is 111 Å². The molecule has 2 aliphatic heterocycles. The van der Waals surface area contributed by atoms with Crippen molar-refractivity contribution in [3.8, 4) is 0 Å². The van der Waals surface area contributed by atoms with Gasteiger partial charge in [0.2, 0.25) is 0 Å². The van der Waals surface area contributed by atoms with Gasteiger partial charge >= 0.3 is 29.6 Å². The van der Waals surface area contributed by atoms with Gasteiger partial charge in [-0.2, -0.15) is 0 Å². The zero-order valence-corrected chi connectivity index (χ0v) is 30.2. The number of allylic oxidation sites excluding steroid dienone is 4. The fourth-order valence-electron chi connectivity index (χ4n) is 5.76. The number of aliphatic carboxylic acids is 2.